The van der Waals surface area contributed by atoms with E-state index in [4.69, 9.17) is 14.2 Å². The van der Waals surface area contributed by atoms with E-state index < -0.39 is 0 Å². The Bertz CT molecular complexity index is 1060. The maximum atomic E-state index is 13.3. The Hall–Kier alpha value is -3.25. The molecule has 1 unspecified atom stereocenters. The topological polar surface area (TPSA) is 48.0 Å². The van der Waals surface area contributed by atoms with E-state index in [2.05, 4.69) is 23.6 Å². The van der Waals surface area contributed by atoms with Crippen molar-refractivity contribution >= 4 is 23.3 Å². The van der Waals surface area contributed by atoms with E-state index >= 15 is 0 Å². The van der Waals surface area contributed by atoms with Gasteiger partial charge in [0, 0.05) is 17.5 Å². The predicted octanol–water partition coefficient (Wildman–Crippen LogP) is 4.96. The van der Waals surface area contributed by atoms with Crippen molar-refractivity contribution in [3.8, 4) is 17.2 Å². The fraction of sp³-hybridized carbons (Fsp3) is 0.240. The third-order valence-corrected chi connectivity index (χ3v) is 6.47. The molecule has 160 valence electrons. The lowest BCUT2D eigenvalue weighted by Gasteiger charge is -2.35. The zero-order chi connectivity index (χ0) is 21.8. The molecule has 0 saturated heterocycles. The summed E-state index contributed by atoms with van der Waals surface area (Å²) in [6, 6.07) is 15.9. The summed E-state index contributed by atoms with van der Waals surface area (Å²) in [5, 5.41) is 2.11. The SMILES string of the molecule is COc1cc(/C=C/C(=O)N2CCc3sccc3C2c2ccccc2)cc(OC)c1OC. The molecule has 1 aliphatic heterocycles. The number of fused-ring (bicyclic) bond motifs is 1. The van der Waals surface area contributed by atoms with E-state index in [1.54, 1.807) is 44.8 Å². The van der Waals surface area contributed by atoms with Crippen LogP contribution >= 0.6 is 11.3 Å². The number of benzene rings is 2. The lowest BCUT2D eigenvalue weighted by atomic mass is 9.93. The average molecular weight is 436 g/mol. The minimum absolute atomic E-state index is 0.0283. The summed E-state index contributed by atoms with van der Waals surface area (Å²) in [5.74, 6) is 1.60. The first-order chi connectivity index (χ1) is 15.2. The lowest BCUT2D eigenvalue weighted by molar-refractivity contribution is -0.127. The van der Waals surface area contributed by atoms with Crippen LogP contribution in [0.2, 0.25) is 0 Å². The number of ether oxygens (including phenoxy) is 3. The van der Waals surface area contributed by atoms with Crippen molar-refractivity contribution in [2.75, 3.05) is 27.9 Å². The lowest BCUT2D eigenvalue weighted by Crippen LogP contribution is -2.39. The Balaban J connectivity index is 1.64. The minimum Gasteiger partial charge on any atom is -0.493 e. The zero-order valence-corrected chi connectivity index (χ0v) is 18.6. The first-order valence-corrected chi connectivity index (χ1v) is 10.9. The number of carbonyl (C=O) groups is 1. The van der Waals surface area contributed by atoms with Crippen molar-refractivity contribution in [2.24, 2.45) is 0 Å². The monoisotopic (exact) mass is 435 g/mol. The third-order valence-electron chi connectivity index (χ3n) is 5.47. The molecular formula is C25H25NO4S. The molecule has 2 aromatic carbocycles. The second kappa shape index (κ2) is 9.27. The number of nitrogens with zero attached hydrogens (tertiary/aromatic N) is 1. The van der Waals surface area contributed by atoms with E-state index in [-0.39, 0.29) is 11.9 Å². The molecule has 3 aromatic rings. The van der Waals surface area contributed by atoms with Gasteiger partial charge in [-0.15, -0.1) is 11.3 Å². The highest BCUT2D eigenvalue weighted by molar-refractivity contribution is 7.10. The van der Waals surface area contributed by atoms with Crippen molar-refractivity contribution in [1.29, 1.82) is 0 Å². The number of hydrogen-bond donors (Lipinski definition) is 0. The van der Waals surface area contributed by atoms with Gasteiger partial charge >= 0.3 is 0 Å². The second-order valence-corrected chi connectivity index (χ2v) is 8.19. The van der Waals surface area contributed by atoms with Gasteiger partial charge in [0.1, 0.15) is 0 Å². The van der Waals surface area contributed by atoms with Crippen LogP contribution in [0.3, 0.4) is 0 Å². The fourth-order valence-electron chi connectivity index (χ4n) is 4.01. The summed E-state index contributed by atoms with van der Waals surface area (Å²) >= 11 is 1.76. The molecule has 0 N–H and O–H groups in total. The molecule has 0 fully saturated rings. The number of methoxy groups -OCH3 is 3. The molecule has 0 bridgehead atoms. The Labute approximate surface area is 186 Å². The molecule has 1 amide bonds. The second-order valence-electron chi connectivity index (χ2n) is 7.19. The molecule has 1 atom stereocenters. The van der Waals surface area contributed by atoms with Gasteiger partial charge in [0.05, 0.1) is 27.4 Å². The average Bonchev–Trinajstić information content (AvgIpc) is 3.30. The van der Waals surface area contributed by atoms with Gasteiger partial charge in [-0.2, -0.15) is 0 Å². The molecule has 6 heteroatoms. The van der Waals surface area contributed by atoms with Crippen molar-refractivity contribution in [3.05, 3.63) is 81.6 Å². The molecule has 0 aliphatic carbocycles. The van der Waals surface area contributed by atoms with Crippen LogP contribution in [0.1, 0.15) is 27.6 Å². The summed E-state index contributed by atoms with van der Waals surface area (Å²) in [7, 11) is 4.72. The quantitative estimate of drug-likeness (QED) is 0.514. The highest BCUT2D eigenvalue weighted by atomic mass is 32.1. The largest absolute Gasteiger partial charge is 0.493 e. The van der Waals surface area contributed by atoms with Gasteiger partial charge in [-0.25, -0.2) is 0 Å². The first-order valence-electron chi connectivity index (χ1n) is 10.1. The normalized spacial score (nSPS) is 15.6. The van der Waals surface area contributed by atoms with Crippen LogP contribution < -0.4 is 14.2 Å². The molecule has 0 radical (unpaired) electrons. The number of carbonyl (C=O) groups excluding carboxylic acids is 1. The van der Waals surface area contributed by atoms with E-state index in [1.165, 1.54) is 10.4 Å². The molecule has 0 saturated carbocycles. The van der Waals surface area contributed by atoms with Crippen molar-refractivity contribution < 1.29 is 19.0 Å². The van der Waals surface area contributed by atoms with Crippen molar-refractivity contribution in [2.45, 2.75) is 12.5 Å². The Morgan fingerprint density at radius 2 is 1.74 bits per heavy atom. The summed E-state index contributed by atoms with van der Waals surface area (Å²) < 4.78 is 16.2. The van der Waals surface area contributed by atoms with E-state index in [0.29, 0.717) is 23.8 Å². The van der Waals surface area contributed by atoms with Gasteiger partial charge in [0.25, 0.3) is 0 Å². The first kappa shape index (κ1) is 21.0. The fourth-order valence-corrected chi connectivity index (χ4v) is 4.91. The van der Waals surface area contributed by atoms with Crippen LogP contribution in [0.25, 0.3) is 6.08 Å². The molecule has 1 aromatic heterocycles. The Morgan fingerprint density at radius 3 is 2.39 bits per heavy atom. The molecular weight excluding hydrogens is 410 g/mol. The van der Waals surface area contributed by atoms with E-state index in [9.17, 15) is 4.79 Å². The Morgan fingerprint density at radius 1 is 1.03 bits per heavy atom. The van der Waals surface area contributed by atoms with Gasteiger partial charge in [-0.1, -0.05) is 30.3 Å². The molecule has 31 heavy (non-hydrogen) atoms. The number of thiophene rings is 1. The smallest absolute Gasteiger partial charge is 0.247 e. The number of amides is 1. The molecule has 4 rings (SSSR count). The number of rotatable bonds is 6. The highest BCUT2D eigenvalue weighted by Crippen LogP contribution is 2.39. The summed E-state index contributed by atoms with van der Waals surface area (Å²) in [4.78, 5) is 16.6. The van der Waals surface area contributed by atoms with Crippen LogP contribution in [0.5, 0.6) is 17.2 Å². The standard InChI is InChI=1S/C25H25NO4S/c1-28-20-15-17(16-21(29-2)25(20)30-3)9-10-23(27)26-13-11-22-19(12-14-31-22)24(26)18-7-5-4-6-8-18/h4-10,12,14-16,24H,11,13H2,1-3H3/b10-9+. The van der Waals surface area contributed by atoms with Gasteiger partial charge in [0.2, 0.25) is 11.7 Å². The molecule has 2 heterocycles. The van der Waals surface area contributed by atoms with Gasteiger partial charge in [-0.05, 0) is 52.8 Å². The van der Waals surface area contributed by atoms with Crippen LogP contribution in [0.15, 0.2) is 60.0 Å². The molecule has 1 aliphatic rings. The Kier molecular flexibility index (Phi) is 6.28. The van der Waals surface area contributed by atoms with Crippen molar-refractivity contribution in [3.63, 3.8) is 0 Å². The summed E-state index contributed by atoms with van der Waals surface area (Å²) in [6.07, 6.45) is 4.28. The molecule has 5 nitrogen and oxygen atoms in total. The minimum atomic E-state index is -0.0757. The maximum absolute atomic E-state index is 13.3. The van der Waals surface area contributed by atoms with Crippen LogP contribution in [0, 0.1) is 0 Å². The van der Waals surface area contributed by atoms with E-state index in [0.717, 1.165) is 17.5 Å². The summed E-state index contributed by atoms with van der Waals surface area (Å²) in [5.41, 5.74) is 3.14. The number of hydrogen-bond acceptors (Lipinski definition) is 5. The zero-order valence-electron chi connectivity index (χ0n) is 17.8. The van der Waals surface area contributed by atoms with Crippen molar-refractivity contribution in [1.82, 2.24) is 4.90 Å². The van der Waals surface area contributed by atoms with Gasteiger partial charge in [-0.3, -0.25) is 4.79 Å². The van der Waals surface area contributed by atoms with Crippen LogP contribution in [-0.2, 0) is 11.2 Å². The maximum Gasteiger partial charge on any atom is 0.247 e. The van der Waals surface area contributed by atoms with Crippen LogP contribution in [-0.4, -0.2) is 38.7 Å². The highest BCUT2D eigenvalue weighted by Gasteiger charge is 2.31. The van der Waals surface area contributed by atoms with Gasteiger partial charge in [0.15, 0.2) is 11.5 Å². The van der Waals surface area contributed by atoms with Crippen LogP contribution in [0.4, 0.5) is 0 Å². The van der Waals surface area contributed by atoms with E-state index in [1.807, 2.05) is 35.2 Å². The third kappa shape index (κ3) is 4.16. The molecule has 0 spiro atoms. The predicted molar refractivity (Wildman–Crippen MR) is 123 cm³/mol. The summed E-state index contributed by atoms with van der Waals surface area (Å²) in [6.45, 7) is 0.686. The van der Waals surface area contributed by atoms with Gasteiger partial charge < -0.3 is 19.1 Å².